The van der Waals surface area contributed by atoms with Gasteiger partial charge in [0.25, 0.3) is 0 Å². The van der Waals surface area contributed by atoms with Crippen LogP contribution >= 0.6 is 0 Å². The Morgan fingerprint density at radius 3 is 2.36 bits per heavy atom. The molecule has 0 bridgehead atoms. The summed E-state index contributed by atoms with van der Waals surface area (Å²) in [5.74, 6) is 0. The van der Waals surface area contributed by atoms with E-state index < -0.39 is 6.10 Å². The van der Waals surface area contributed by atoms with Gasteiger partial charge in [-0.15, -0.1) is 0 Å². The first-order valence-corrected chi connectivity index (χ1v) is 4.04. The van der Waals surface area contributed by atoms with E-state index in [1.165, 1.54) is 0 Å². The Hall–Kier alpha value is -0.120. The van der Waals surface area contributed by atoms with Gasteiger partial charge in [-0.25, -0.2) is 0 Å². The molecule has 0 aliphatic rings. The van der Waals surface area contributed by atoms with E-state index in [0.29, 0.717) is 0 Å². The number of rotatable bonds is 6. The highest BCUT2D eigenvalue weighted by Crippen LogP contribution is 2.07. The van der Waals surface area contributed by atoms with Gasteiger partial charge in [0.2, 0.25) is 0 Å². The van der Waals surface area contributed by atoms with E-state index in [0.717, 1.165) is 19.3 Å². The van der Waals surface area contributed by atoms with Crippen LogP contribution in [0.5, 0.6) is 0 Å². The predicted molar refractivity (Wildman–Crippen MR) is 43.4 cm³/mol. The van der Waals surface area contributed by atoms with Gasteiger partial charge in [-0.3, -0.25) is 0 Å². The van der Waals surface area contributed by atoms with Gasteiger partial charge in [-0.2, -0.15) is 0 Å². The molecule has 3 heteroatoms. The van der Waals surface area contributed by atoms with Crippen LogP contribution in [0.25, 0.3) is 0 Å². The molecule has 3 nitrogen and oxygen atoms in total. The highest BCUT2D eigenvalue weighted by Gasteiger charge is 2.12. The number of unbranched alkanes of at least 4 members (excludes halogenated alkanes) is 1. The van der Waals surface area contributed by atoms with Gasteiger partial charge in [0.15, 0.2) is 0 Å². The zero-order valence-electron chi connectivity index (χ0n) is 7.29. The smallest absolute Gasteiger partial charge is 0.0827 e. The van der Waals surface area contributed by atoms with Gasteiger partial charge < -0.3 is 14.9 Å². The quantitative estimate of drug-likeness (QED) is 0.561. The summed E-state index contributed by atoms with van der Waals surface area (Å²) in [6.07, 6.45) is 2.00. The summed E-state index contributed by atoms with van der Waals surface area (Å²) >= 11 is 0. The minimum absolute atomic E-state index is 0.0819. The van der Waals surface area contributed by atoms with Gasteiger partial charge in [0, 0.05) is 13.7 Å². The molecular weight excluding hydrogens is 144 g/mol. The van der Waals surface area contributed by atoms with E-state index in [1.807, 2.05) is 0 Å². The summed E-state index contributed by atoms with van der Waals surface area (Å²) in [4.78, 5) is 0. The average molecular weight is 162 g/mol. The molecule has 0 aromatic carbocycles. The van der Waals surface area contributed by atoms with E-state index in [-0.39, 0.29) is 12.7 Å². The Morgan fingerprint density at radius 1 is 1.36 bits per heavy atom. The lowest BCUT2D eigenvalue weighted by atomic mass is 10.1. The fourth-order valence-electron chi connectivity index (χ4n) is 1.01. The fraction of sp³-hybridized carbons (Fsp3) is 1.00. The maximum absolute atomic E-state index is 9.12. The van der Waals surface area contributed by atoms with E-state index in [4.69, 9.17) is 14.9 Å². The van der Waals surface area contributed by atoms with Crippen LogP contribution in [0.3, 0.4) is 0 Å². The van der Waals surface area contributed by atoms with Gasteiger partial charge >= 0.3 is 0 Å². The van der Waals surface area contributed by atoms with E-state index >= 15 is 0 Å². The third-order valence-corrected chi connectivity index (χ3v) is 1.74. The SMILES string of the molecule is COC(CCCCO)C(C)O. The van der Waals surface area contributed by atoms with Crippen LogP contribution < -0.4 is 0 Å². The Balaban J connectivity index is 3.36. The van der Waals surface area contributed by atoms with Crippen LogP contribution in [0.1, 0.15) is 26.2 Å². The van der Waals surface area contributed by atoms with Gasteiger partial charge in [-0.1, -0.05) is 0 Å². The van der Waals surface area contributed by atoms with Crippen molar-refractivity contribution in [1.82, 2.24) is 0 Å². The molecule has 0 fully saturated rings. The molecule has 0 aromatic heterocycles. The molecule has 2 N–H and O–H groups in total. The van der Waals surface area contributed by atoms with E-state index in [9.17, 15) is 0 Å². The summed E-state index contributed by atoms with van der Waals surface area (Å²) in [5.41, 5.74) is 0. The highest BCUT2D eigenvalue weighted by molar-refractivity contribution is 4.63. The predicted octanol–water partition coefficient (Wildman–Crippen LogP) is 0.545. The first-order chi connectivity index (χ1) is 5.22. The number of ether oxygens (including phenoxy) is 1. The zero-order chi connectivity index (χ0) is 8.69. The van der Waals surface area contributed by atoms with Crippen molar-refractivity contribution in [2.24, 2.45) is 0 Å². The van der Waals surface area contributed by atoms with Crippen molar-refractivity contribution in [1.29, 1.82) is 0 Å². The molecule has 0 heterocycles. The summed E-state index contributed by atoms with van der Waals surface area (Å²) in [6.45, 7) is 1.93. The van der Waals surface area contributed by atoms with Crippen molar-refractivity contribution in [3.63, 3.8) is 0 Å². The highest BCUT2D eigenvalue weighted by atomic mass is 16.5. The third-order valence-electron chi connectivity index (χ3n) is 1.74. The molecule has 0 radical (unpaired) electrons. The summed E-state index contributed by atoms with van der Waals surface area (Å²) in [5, 5.41) is 17.6. The summed E-state index contributed by atoms with van der Waals surface area (Å²) in [6, 6.07) is 0. The van der Waals surface area contributed by atoms with Crippen molar-refractivity contribution in [2.75, 3.05) is 13.7 Å². The molecule has 0 aliphatic heterocycles. The second-order valence-corrected chi connectivity index (χ2v) is 2.73. The minimum atomic E-state index is -0.418. The topological polar surface area (TPSA) is 49.7 Å². The van der Waals surface area contributed by atoms with Crippen molar-refractivity contribution < 1.29 is 14.9 Å². The number of aliphatic hydroxyl groups excluding tert-OH is 2. The van der Waals surface area contributed by atoms with Crippen molar-refractivity contribution in [3.8, 4) is 0 Å². The summed E-state index contributed by atoms with van der Waals surface area (Å²) in [7, 11) is 1.59. The second-order valence-electron chi connectivity index (χ2n) is 2.73. The molecule has 2 atom stereocenters. The van der Waals surface area contributed by atoms with Crippen molar-refractivity contribution in [3.05, 3.63) is 0 Å². The third kappa shape index (κ3) is 5.18. The second kappa shape index (κ2) is 6.58. The maximum Gasteiger partial charge on any atom is 0.0827 e. The van der Waals surface area contributed by atoms with Gasteiger partial charge in [0.05, 0.1) is 12.2 Å². The Labute approximate surface area is 68.0 Å². The normalized spacial score (nSPS) is 16.4. The molecule has 2 unspecified atom stereocenters. The first kappa shape index (κ1) is 10.9. The molecule has 0 spiro atoms. The minimum Gasteiger partial charge on any atom is -0.396 e. The zero-order valence-corrected chi connectivity index (χ0v) is 7.29. The average Bonchev–Trinajstić information content (AvgIpc) is 1.97. The number of hydrogen-bond acceptors (Lipinski definition) is 3. The Bertz CT molecular complexity index is 83.4. The van der Waals surface area contributed by atoms with Gasteiger partial charge in [-0.05, 0) is 26.2 Å². The molecule has 0 amide bonds. The standard InChI is InChI=1S/C8H18O3/c1-7(10)8(11-2)5-3-4-6-9/h7-10H,3-6H2,1-2H3. The lowest BCUT2D eigenvalue weighted by Gasteiger charge is -2.17. The monoisotopic (exact) mass is 162 g/mol. The van der Waals surface area contributed by atoms with E-state index in [2.05, 4.69) is 0 Å². The fourth-order valence-corrected chi connectivity index (χ4v) is 1.01. The van der Waals surface area contributed by atoms with Crippen LogP contribution in [0.2, 0.25) is 0 Å². The largest absolute Gasteiger partial charge is 0.396 e. The van der Waals surface area contributed by atoms with Crippen LogP contribution in [0.15, 0.2) is 0 Å². The molecule has 0 rings (SSSR count). The summed E-state index contributed by atoms with van der Waals surface area (Å²) < 4.78 is 5.03. The van der Waals surface area contributed by atoms with Crippen LogP contribution in [-0.4, -0.2) is 36.1 Å². The maximum atomic E-state index is 9.12. The number of aliphatic hydroxyl groups is 2. The molecule has 68 valence electrons. The van der Waals surface area contributed by atoms with Crippen LogP contribution in [0, 0.1) is 0 Å². The Kier molecular flexibility index (Phi) is 6.51. The Morgan fingerprint density at radius 2 is 2.00 bits per heavy atom. The van der Waals surface area contributed by atoms with Crippen molar-refractivity contribution >= 4 is 0 Å². The van der Waals surface area contributed by atoms with Crippen molar-refractivity contribution in [2.45, 2.75) is 38.4 Å². The van der Waals surface area contributed by atoms with E-state index in [1.54, 1.807) is 14.0 Å². The van der Waals surface area contributed by atoms with Gasteiger partial charge in [0.1, 0.15) is 0 Å². The first-order valence-electron chi connectivity index (χ1n) is 4.04. The lowest BCUT2D eigenvalue weighted by Crippen LogP contribution is -2.24. The molecule has 0 aliphatic carbocycles. The molecule has 0 aromatic rings. The molecule has 0 saturated heterocycles. The number of hydrogen-bond donors (Lipinski definition) is 2. The number of methoxy groups -OCH3 is 1. The molecule has 0 saturated carbocycles. The lowest BCUT2D eigenvalue weighted by molar-refractivity contribution is -0.00840. The van der Waals surface area contributed by atoms with Crippen LogP contribution in [-0.2, 0) is 4.74 Å². The molecule has 11 heavy (non-hydrogen) atoms. The molecular formula is C8H18O3. The van der Waals surface area contributed by atoms with Crippen LogP contribution in [0.4, 0.5) is 0 Å².